The molecular formula is C14H26N2O3. The van der Waals surface area contributed by atoms with Crippen LogP contribution in [0.3, 0.4) is 0 Å². The number of amides is 1. The average molecular weight is 270 g/mol. The Morgan fingerprint density at radius 3 is 2.53 bits per heavy atom. The van der Waals surface area contributed by atoms with Crippen LogP contribution in [0.5, 0.6) is 0 Å². The number of nitrogens with zero attached hydrogens (tertiary/aromatic N) is 1. The Kier molecular flexibility index (Phi) is 6.28. The summed E-state index contributed by atoms with van der Waals surface area (Å²) in [5.74, 6) is -0.170. The Labute approximate surface area is 115 Å². The molecule has 1 heterocycles. The van der Waals surface area contributed by atoms with Crippen LogP contribution in [0.25, 0.3) is 0 Å². The fourth-order valence-corrected chi connectivity index (χ4v) is 2.63. The summed E-state index contributed by atoms with van der Waals surface area (Å²) >= 11 is 0. The van der Waals surface area contributed by atoms with E-state index >= 15 is 0 Å². The topological polar surface area (TPSA) is 69.6 Å². The van der Waals surface area contributed by atoms with E-state index in [1.807, 2.05) is 13.8 Å². The monoisotopic (exact) mass is 270 g/mol. The van der Waals surface area contributed by atoms with E-state index in [-0.39, 0.29) is 18.5 Å². The minimum Gasteiger partial charge on any atom is -0.480 e. The highest BCUT2D eigenvalue weighted by Gasteiger charge is 2.26. The molecule has 19 heavy (non-hydrogen) atoms. The normalized spacial score (nSPS) is 21.2. The van der Waals surface area contributed by atoms with E-state index in [0.29, 0.717) is 18.3 Å². The number of carbonyl (C=O) groups excluding carboxylic acids is 1. The van der Waals surface area contributed by atoms with Crippen molar-refractivity contribution < 1.29 is 14.7 Å². The molecule has 0 aromatic heterocycles. The molecule has 110 valence electrons. The molecule has 1 aliphatic heterocycles. The highest BCUT2D eigenvalue weighted by molar-refractivity contribution is 5.81. The van der Waals surface area contributed by atoms with E-state index in [2.05, 4.69) is 12.2 Å². The van der Waals surface area contributed by atoms with Gasteiger partial charge >= 0.3 is 5.97 Å². The third-order valence-corrected chi connectivity index (χ3v) is 3.89. The van der Waals surface area contributed by atoms with Crippen molar-refractivity contribution in [2.45, 2.75) is 46.1 Å². The van der Waals surface area contributed by atoms with Crippen molar-refractivity contribution in [3.8, 4) is 0 Å². The molecule has 0 bridgehead atoms. The molecule has 0 saturated carbocycles. The number of carbonyl (C=O) groups is 2. The third kappa shape index (κ3) is 5.19. The molecule has 2 N–H and O–H groups in total. The lowest BCUT2D eigenvalue weighted by molar-refractivity contribution is -0.146. The SMILES string of the molecule is CC(CC(=O)N(CC(=O)O)C(C)C)C1CCCNC1. The lowest BCUT2D eigenvalue weighted by Gasteiger charge is -2.31. The van der Waals surface area contributed by atoms with E-state index in [1.54, 1.807) is 0 Å². The van der Waals surface area contributed by atoms with Gasteiger partial charge in [-0.05, 0) is 51.6 Å². The standard InChI is InChI=1S/C14H26N2O3/c1-10(2)16(9-14(18)19)13(17)7-11(3)12-5-4-6-15-8-12/h10-12,15H,4-9H2,1-3H3,(H,18,19). The molecule has 5 nitrogen and oxygen atoms in total. The summed E-state index contributed by atoms with van der Waals surface area (Å²) in [6.45, 7) is 7.63. The molecule has 1 amide bonds. The Bertz CT molecular complexity index is 312. The first-order chi connectivity index (χ1) is 8.91. The lowest BCUT2D eigenvalue weighted by Crippen LogP contribution is -2.42. The smallest absolute Gasteiger partial charge is 0.323 e. The molecule has 1 aliphatic rings. The quantitative estimate of drug-likeness (QED) is 0.764. The maximum atomic E-state index is 12.2. The van der Waals surface area contributed by atoms with Gasteiger partial charge in [-0.15, -0.1) is 0 Å². The van der Waals surface area contributed by atoms with Crippen molar-refractivity contribution in [3.63, 3.8) is 0 Å². The summed E-state index contributed by atoms with van der Waals surface area (Å²) < 4.78 is 0. The van der Waals surface area contributed by atoms with Gasteiger partial charge in [-0.2, -0.15) is 0 Å². The van der Waals surface area contributed by atoms with Gasteiger partial charge in [0.1, 0.15) is 6.54 Å². The van der Waals surface area contributed by atoms with Gasteiger partial charge in [0.2, 0.25) is 5.91 Å². The largest absolute Gasteiger partial charge is 0.480 e. The van der Waals surface area contributed by atoms with Gasteiger partial charge in [0.25, 0.3) is 0 Å². The van der Waals surface area contributed by atoms with Crippen LogP contribution in [0.2, 0.25) is 0 Å². The molecule has 1 saturated heterocycles. The molecule has 0 spiro atoms. The first kappa shape index (κ1) is 16.0. The molecule has 2 atom stereocenters. The fraction of sp³-hybridized carbons (Fsp3) is 0.857. The first-order valence-corrected chi connectivity index (χ1v) is 7.13. The van der Waals surface area contributed by atoms with Gasteiger partial charge in [0.05, 0.1) is 0 Å². The summed E-state index contributed by atoms with van der Waals surface area (Å²) in [6, 6.07) is -0.0692. The van der Waals surface area contributed by atoms with Crippen LogP contribution in [-0.2, 0) is 9.59 Å². The Balaban J connectivity index is 2.52. The predicted octanol–water partition coefficient (Wildman–Crippen LogP) is 1.33. The molecular weight excluding hydrogens is 244 g/mol. The van der Waals surface area contributed by atoms with Crippen molar-refractivity contribution in [2.24, 2.45) is 11.8 Å². The number of rotatable bonds is 6. The van der Waals surface area contributed by atoms with Gasteiger partial charge < -0.3 is 15.3 Å². The minimum atomic E-state index is -0.950. The fourth-order valence-electron chi connectivity index (χ4n) is 2.63. The highest BCUT2D eigenvalue weighted by atomic mass is 16.4. The van der Waals surface area contributed by atoms with E-state index in [9.17, 15) is 9.59 Å². The van der Waals surface area contributed by atoms with Crippen molar-refractivity contribution in [3.05, 3.63) is 0 Å². The number of piperidine rings is 1. The van der Waals surface area contributed by atoms with Gasteiger partial charge in [0.15, 0.2) is 0 Å². The molecule has 0 aromatic carbocycles. The number of carboxylic acids is 1. The highest BCUT2D eigenvalue weighted by Crippen LogP contribution is 2.23. The van der Waals surface area contributed by atoms with E-state index < -0.39 is 5.97 Å². The van der Waals surface area contributed by atoms with E-state index in [4.69, 9.17) is 5.11 Å². The van der Waals surface area contributed by atoms with Crippen molar-refractivity contribution in [2.75, 3.05) is 19.6 Å². The zero-order chi connectivity index (χ0) is 14.4. The van der Waals surface area contributed by atoms with Gasteiger partial charge in [-0.3, -0.25) is 9.59 Å². The van der Waals surface area contributed by atoms with Gasteiger partial charge in [-0.1, -0.05) is 6.92 Å². The van der Waals surface area contributed by atoms with Crippen LogP contribution in [0.15, 0.2) is 0 Å². The second-order valence-corrected chi connectivity index (χ2v) is 5.80. The Morgan fingerprint density at radius 1 is 1.37 bits per heavy atom. The summed E-state index contributed by atoms with van der Waals surface area (Å²) in [7, 11) is 0. The molecule has 1 fully saturated rings. The second kappa shape index (κ2) is 7.48. The Morgan fingerprint density at radius 2 is 2.05 bits per heavy atom. The van der Waals surface area contributed by atoms with Crippen LogP contribution in [0.1, 0.15) is 40.0 Å². The maximum Gasteiger partial charge on any atom is 0.323 e. The van der Waals surface area contributed by atoms with Crippen molar-refractivity contribution >= 4 is 11.9 Å². The van der Waals surface area contributed by atoms with E-state index in [1.165, 1.54) is 4.90 Å². The van der Waals surface area contributed by atoms with Crippen LogP contribution < -0.4 is 5.32 Å². The van der Waals surface area contributed by atoms with Crippen LogP contribution >= 0.6 is 0 Å². The van der Waals surface area contributed by atoms with E-state index in [0.717, 1.165) is 25.9 Å². The molecule has 0 radical (unpaired) electrons. The van der Waals surface area contributed by atoms with Gasteiger partial charge in [-0.25, -0.2) is 0 Å². The van der Waals surface area contributed by atoms with Crippen LogP contribution in [0.4, 0.5) is 0 Å². The number of hydrogen-bond acceptors (Lipinski definition) is 3. The zero-order valence-electron chi connectivity index (χ0n) is 12.2. The first-order valence-electron chi connectivity index (χ1n) is 7.13. The lowest BCUT2D eigenvalue weighted by atomic mass is 9.85. The van der Waals surface area contributed by atoms with Crippen molar-refractivity contribution in [1.82, 2.24) is 10.2 Å². The second-order valence-electron chi connectivity index (χ2n) is 5.80. The summed E-state index contributed by atoms with van der Waals surface area (Å²) in [5, 5.41) is 12.2. The summed E-state index contributed by atoms with van der Waals surface area (Å²) in [5.41, 5.74) is 0. The number of carboxylic acid groups (broad SMARTS) is 1. The number of nitrogens with one attached hydrogen (secondary N) is 1. The molecule has 1 rings (SSSR count). The Hall–Kier alpha value is -1.10. The third-order valence-electron chi connectivity index (χ3n) is 3.89. The summed E-state index contributed by atoms with van der Waals surface area (Å²) in [6.07, 6.45) is 2.76. The zero-order valence-corrected chi connectivity index (χ0v) is 12.2. The number of aliphatic carboxylic acids is 1. The van der Waals surface area contributed by atoms with Crippen molar-refractivity contribution in [1.29, 1.82) is 0 Å². The predicted molar refractivity (Wildman–Crippen MR) is 73.9 cm³/mol. The van der Waals surface area contributed by atoms with Crippen LogP contribution in [-0.4, -0.2) is 47.6 Å². The minimum absolute atomic E-state index is 0.0459. The maximum absolute atomic E-state index is 12.2. The average Bonchev–Trinajstić information content (AvgIpc) is 2.36. The van der Waals surface area contributed by atoms with Crippen LogP contribution in [0, 0.1) is 11.8 Å². The molecule has 0 aromatic rings. The van der Waals surface area contributed by atoms with Gasteiger partial charge in [0, 0.05) is 12.5 Å². The number of hydrogen-bond donors (Lipinski definition) is 2. The summed E-state index contributed by atoms with van der Waals surface area (Å²) in [4.78, 5) is 24.5. The molecule has 5 heteroatoms. The molecule has 0 aliphatic carbocycles. The molecule has 2 unspecified atom stereocenters.